The first-order chi connectivity index (χ1) is 14.1. The van der Waals surface area contributed by atoms with Gasteiger partial charge in [0.2, 0.25) is 0 Å². The van der Waals surface area contributed by atoms with Gasteiger partial charge in [-0.05, 0) is 30.9 Å². The Balaban J connectivity index is 1.16. The minimum absolute atomic E-state index is 0.310. The molecular formula is C22H36N4O3. The van der Waals surface area contributed by atoms with E-state index < -0.39 is 18.2 Å². The second-order valence-corrected chi connectivity index (χ2v) is 8.88. The van der Waals surface area contributed by atoms with Crippen LogP contribution in [0.5, 0.6) is 0 Å². The molecule has 29 heavy (non-hydrogen) atoms. The molecule has 0 spiro atoms. The summed E-state index contributed by atoms with van der Waals surface area (Å²) in [6.45, 7) is 8.54. The Hall–Kier alpha value is -1.22. The fourth-order valence-electron chi connectivity index (χ4n) is 4.85. The zero-order chi connectivity index (χ0) is 20.2. The fraction of sp³-hybridized carbons (Fsp3) is 0.727. The van der Waals surface area contributed by atoms with Crippen LogP contribution in [0.2, 0.25) is 0 Å². The van der Waals surface area contributed by atoms with E-state index in [0.717, 1.165) is 45.2 Å². The molecule has 0 unspecified atom stereocenters. The number of nitrogens with two attached hydrogens (primary N) is 1. The average molecular weight is 405 g/mol. The van der Waals surface area contributed by atoms with E-state index in [9.17, 15) is 10.2 Å². The fourth-order valence-corrected chi connectivity index (χ4v) is 4.85. The lowest BCUT2D eigenvalue weighted by molar-refractivity contribution is -0.151. The lowest BCUT2D eigenvalue weighted by atomic mass is 9.95. The number of hydrogen-bond donors (Lipinski definition) is 3. The van der Waals surface area contributed by atoms with Crippen LogP contribution in [0.1, 0.15) is 12.8 Å². The van der Waals surface area contributed by atoms with Gasteiger partial charge in [-0.1, -0.05) is 18.2 Å². The van der Waals surface area contributed by atoms with Crippen LogP contribution >= 0.6 is 0 Å². The molecule has 0 aromatic heterocycles. The van der Waals surface area contributed by atoms with Crippen LogP contribution in [0.15, 0.2) is 30.3 Å². The van der Waals surface area contributed by atoms with Crippen LogP contribution in [0.25, 0.3) is 0 Å². The van der Waals surface area contributed by atoms with Gasteiger partial charge in [0.25, 0.3) is 0 Å². The number of ether oxygens (including phenoxy) is 1. The molecule has 3 heterocycles. The molecule has 0 bridgehead atoms. The molecule has 4 rings (SSSR count). The van der Waals surface area contributed by atoms with Crippen molar-refractivity contribution in [3.63, 3.8) is 0 Å². The van der Waals surface area contributed by atoms with Gasteiger partial charge in [-0.15, -0.1) is 0 Å². The Kier molecular flexibility index (Phi) is 7.05. The molecule has 162 valence electrons. The van der Waals surface area contributed by atoms with Crippen LogP contribution in [0, 0.1) is 5.92 Å². The monoisotopic (exact) mass is 404 g/mol. The predicted octanol–water partition coefficient (Wildman–Crippen LogP) is -0.0315. The third-order valence-electron chi connectivity index (χ3n) is 6.83. The van der Waals surface area contributed by atoms with E-state index in [0.29, 0.717) is 13.2 Å². The Morgan fingerprint density at radius 1 is 0.862 bits per heavy atom. The van der Waals surface area contributed by atoms with Crippen LogP contribution < -0.4 is 10.6 Å². The second-order valence-electron chi connectivity index (χ2n) is 8.88. The van der Waals surface area contributed by atoms with Gasteiger partial charge < -0.3 is 30.5 Å². The number of nitrogens with zero attached hydrogens (tertiary/aromatic N) is 3. The number of benzene rings is 1. The van der Waals surface area contributed by atoms with Gasteiger partial charge in [-0.25, -0.2) is 0 Å². The molecule has 3 fully saturated rings. The summed E-state index contributed by atoms with van der Waals surface area (Å²) in [6.07, 6.45) is 0.382. The zero-order valence-electron chi connectivity index (χ0n) is 17.3. The maximum Gasteiger partial charge on any atom is 0.109 e. The Morgan fingerprint density at radius 3 is 2.14 bits per heavy atom. The highest BCUT2D eigenvalue weighted by atomic mass is 16.5. The van der Waals surface area contributed by atoms with E-state index in [1.54, 1.807) is 0 Å². The highest BCUT2D eigenvalue weighted by Crippen LogP contribution is 2.24. The maximum absolute atomic E-state index is 10.2. The highest BCUT2D eigenvalue weighted by Gasteiger charge is 2.37. The topological polar surface area (TPSA) is 85.4 Å². The summed E-state index contributed by atoms with van der Waals surface area (Å²) < 4.78 is 5.68. The van der Waals surface area contributed by atoms with Crippen molar-refractivity contribution in [3.8, 4) is 0 Å². The van der Waals surface area contributed by atoms with Gasteiger partial charge in [-0.3, -0.25) is 4.90 Å². The molecule has 3 aliphatic heterocycles. The lowest BCUT2D eigenvalue weighted by Crippen LogP contribution is -2.60. The zero-order valence-corrected chi connectivity index (χ0v) is 17.3. The van der Waals surface area contributed by atoms with Crippen molar-refractivity contribution in [2.45, 2.75) is 37.2 Å². The molecule has 3 aliphatic rings. The summed E-state index contributed by atoms with van der Waals surface area (Å²) in [6, 6.07) is 10.2. The summed E-state index contributed by atoms with van der Waals surface area (Å²) in [7, 11) is 0. The molecule has 0 amide bonds. The number of aliphatic hydroxyl groups excluding tert-OH is 2. The quantitative estimate of drug-likeness (QED) is 0.635. The molecule has 7 heteroatoms. The molecular weight excluding hydrogens is 368 g/mol. The van der Waals surface area contributed by atoms with Crippen molar-refractivity contribution < 1.29 is 14.9 Å². The third-order valence-corrected chi connectivity index (χ3v) is 6.83. The number of hydrogen-bond acceptors (Lipinski definition) is 7. The van der Waals surface area contributed by atoms with Crippen molar-refractivity contribution in [1.29, 1.82) is 0 Å². The van der Waals surface area contributed by atoms with Crippen molar-refractivity contribution >= 4 is 5.69 Å². The first-order valence-electron chi connectivity index (χ1n) is 11.1. The number of rotatable bonds is 5. The Morgan fingerprint density at radius 2 is 1.48 bits per heavy atom. The minimum atomic E-state index is -0.897. The molecule has 4 N–H and O–H groups in total. The van der Waals surface area contributed by atoms with Gasteiger partial charge in [0, 0.05) is 58.0 Å². The lowest BCUT2D eigenvalue weighted by Gasteiger charge is -2.42. The van der Waals surface area contributed by atoms with Gasteiger partial charge in [0.05, 0.1) is 24.9 Å². The SMILES string of the molecule is N[C@H]1CO[C@H](CN2CCN(CC3CCN(c4ccccc4)CC3)CC2)[C@H](O)[C@@H]1O. The first-order valence-corrected chi connectivity index (χ1v) is 11.1. The molecule has 7 nitrogen and oxygen atoms in total. The standard InChI is InChI=1S/C22H36N4O3/c23-19-16-29-20(22(28)21(19)27)15-25-12-10-24(11-13-25)14-17-6-8-26(9-7-17)18-4-2-1-3-5-18/h1-5,17,19-22,27-28H,6-16,23H2/t19-,20+,21+,22-/m0/s1. The van der Waals surface area contributed by atoms with Crippen LogP contribution in [0.3, 0.4) is 0 Å². The Bertz CT molecular complexity index is 618. The average Bonchev–Trinajstić information content (AvgIpc) is 2.77. The minimum Gasteiger partial charge on any atom is -0.389 e. The molecule has 0 aliphatic carbocycles. The van der Waals surface area contributed by atoms with Crippen molar-refractivity contribution in [1.82, 2.24) is 9.80 Å². The number of anilines is 1. The van der Waals surface area contributed by atoms with Gasteiger partial charge in [-0.2, -0.15) is 0 Å². The molecule has 1 aromatic rings. The van der Waals surface area contributed by atoms with Crippen molar-refractivity contribution in [3.05, 3.63) is 30.3 Å². The molecule has 0 saturated carbocycles. The van der Waals surface area contributed by atoms with E-state index in [-0.39, 0.29) is 6.10 Å². The largest absolute Gasteiger partial charge is 0.389 e. The van der Waals surface area contributed by atoms with E-state index in [2.05, 4.69) is 45.0 Å². The number of aliphatic hydroxyl groups is 2. The maximum atomic E-state index is 10.2. The van der Waals surface area contributed by atoms with E-state index in [1.165, 1.54) is 25.1 Å². The Labute approximate surface area is 174 Å². The van der Waals surface area contributed by atoms with Crippen LogP contribution in [-0.4, -0.2) is 103 Å². The molecule has 1 aromatic carbocycles. The summed E-state index contributed by atoms with van der Waals surface area (Å²) >= 11 is 0. The number of piperazine rings is 1. The van der Waals surface area contributed by atoms with Gasteiger partial charge in [0.15, 0.2) is 0 Å². The van der Waals surface area contributed by atoms with Crippen molar-refractivity contribution in [2.24, 2.45) is 11.7 Å². The second kappa shape index (κ2) is 9.73. The van der Waals surface area contributed by atoms with E-state index >= 15 is 0 Å². The van der Waals surface area contributed by atoms with Crippen LogP contribution in [-0.2, 0) is 4.74 Å². The highest BCUT2D eigenvalue weighted by molar-refractivity contribution is 5.46. The normalized spacial score (nSPS) is 33.1. The summed E-state index contributed by atoms with van der Waals surface area (Å²) in [5, 5.41) is 20.2. The molecule has 3 saturated heterocycles. The van der Waals surface area contributed by atoms with Gasteiger partial charge in [0.1, 0.15) is 6.10 Å². The third kappa shape index (κ3) is 5.29. The molecule has 0 radical (unpaired) electrons. The summed E-state index contributed by atoms with van der Waals surface area (Å²) in [5.74, 6) is 0.779. The molecule has 4 atom stereocenters. The van der Waals surface area contributed by atoms with Gasteiger partial charge >= 0.3 is 0 Å². The number of piperidine rings is 1. The summed E-state index contributed by atoms with van der Waals surface area (Å²) in [4.78, 5) is 7.43. The smallest absolute Gasteiger partial charge is 0.109 e. The first kappa shape index (κ1) is 21.0. The predicted molar refractivity (Wildman–Crippen MR) is 114 cm³/mol. The van der Waals surface area contributed by atoms with Crippen molar-refractivity contribution in [2.75, 3.05) is 63.9 Å². The van der Waals surface area contributed by atoms with E-state index in [4.69, 9.17) is 10.5 Å². The number of para-hydroxylation sites is 1. The van der Waals surface area contributed by atoms with Crippen LogP contribution in [0.4, 0.5) is 5.69 Å². The summed E-state index contributed by atoms with van der Waals surface area (Å²) in [5.41, 5.74) is 7.10. The van der Waals surface area contributed by atoms with E-state index in [1.807, 2.05) is 0 Å².